The number of aliphatic hydroxyl groups is 1. The first-order valence-corrected chi connectivity index (χ1v) is 7.74. The van der Waals surface area contributed by atoms with Gasteiger partial charge in [0.1, 0.15) is 5.60 Å². The van der Waals surface area contributed by atoms with Crippen molar-refractivity contribution < 1.29 is 19.4 Å². The lowest BCUT2D eigenvalue weighted by Gasteiger charge is -2.45. The monoisotopic (exact) mass is 288 g/mol. The molecule has 2 aliphatic carbocycles. The van der Waals surface area contributed by atoms with E-state index in [9.17, 15) is 9.90 Å². The summed E-state index contributed by atoms with van der Waals surface area (Å²) in [7, 11) is 0. The molecule has 2 bridgehead atoms. The van der Waals surface area contributed by atoms with E-state index in [4.69, 9.17) is 9.47 Å². The summed E-state index contributed by atoms with van der Waals surface area (Å²) in [6, 6.07) is 9.09. The molecule has 0 radical (unpaired) electrons. The average Bonchev–Trinajstić information content (AvgIpc) is 3.06. The molecular formula is C17H20O4. The maximum atomic E-state index is 12.7. The molecule has 1 N–H and O–H groups in total. The molecule has 1 spiro atoms. The van der Waals surface area contributed by atoms with E-state index in [-0.39, 0.29) is 17.6 Å². The van der Waals surface area contributed by atoms with Gasteiger partial charge in [0.25, 0.3) is 0 Å². The molecule has 4 rings (SSSR count). The number of carbonyl (C=O) groups excluding carboxylic acids is 1. The molecule has 3 aliphatic rings. The molecule has 112 valence electrons. The van der Waals surface area contributed by atoms with E-state index < -0.39 is 11.4 Å². The first-order valence-electron chi connectivity index (χ1n) is 7.74. The van der Waals surface area contributed by atoms with Crippen molar-refractivity contribution in [3.05, 3.63) is 35.9 Å². The topological polar surface area (TPSA) is 55.8 Å². The van der Waals surface area contributed by atoms with Gasteiger partial charge in [-0.1, -0.05) is 30.3 Å². The molecule has 2 atom stereocenters. The van der Waals surface area contributed by atoms with Crippen molar-refractivity contribution in [3.63, 3.8) is 0 Å². The van der Waals surface area contributed by atoms with Crippen molar-refractivity contribution >= 4 is 5.78 Å². The molecule has 2 saturated carbocycles. The SMILES string of the molecule is O=C(c1ccccc1)C1(O)CC2CCC(C1)C21OCCO1. The Morgan fingerprint density at radius 2 is 1.62 bits per heavy atom. The Kier molecular flexibility index (Phi) is 2.96. The van der Waals surface area contributed by atoms with Gasteiger partial charge in [0.2, 0.25) is 0 Å². The number of ketones is 1. The van der Waals surface area contributed by atoms with Crippen LogP contribution in [0.25, 0.3) is 0 Å². The van der Waals surface area contributed by atoms with Crippen molar-refractivity contribution in [2.75, 3.05) is 13.2 Å². The van der Waals surface area contributed by atoms with Gasteiger partial charge in [0.05, 0.1) is 13.2 Å². The Labute approximate surface area is 124 Å². The largest absolute Gasteiger partial charge is 0.382 e. The number of benzene rings is 1. The van der Waals surface area contributed by atoms with Crippen LogP contribution < -0.4 is 0 Å². The van der Waals surface area contributed by atoms with Crippen molar-refractivity contribution in [1.82, 2.24) is 0 Å². The van der Waals surface area contributed by atoms with Crippen LogP contribution in [0.1, 0.15) is 36.0 Å². The van der Waals surface area contributed by atoms with Crippen molar-refractivity contribution in [3.8, 4) is 0 Å². The minimum absolute atomic E-state index is 0.122. The third-order valence-electron chi connectivity index (χ3n) is 5.37. The second-order valence-corrected chi connectivity index (χ2v) is 6.52. The standard InChI is InChI=1S/C17H20O4/c18-15(12-4-2-1-3-5-12)16(19)10-13-6-7-14(11-16)17(13)20-8-9-21-17/h1-5,13-14,19H,6-11H2. The van der Waals surface area contributed by atoms with Crippen LogP contribution in [0.5, 0.6) is 0 Å². The van der Waals surface area contributed by atoms with Gasteiger partial charge < -0.3 is 14.6 Å². The normalized spacial score (nSPS) is 37.0. The van der Waals surface area contributed by atoms with E-state index in [1.165, 1.54) is 0 Å². The zero-order valence-corrected chi connectivity index (χ0v) is 12.0. The van der Waals surface area contributed by atoms with Gasteiger partial charge in [-0.25, -0.2) is 0 Å². The van der Waals surface area contributed by atoms with E-state index in [1.807, 2.05) is 18.2 Å². The van der Waals surface area contributed by atoms with Crippen LogP contribution in [0.3, 0.4) is 0 Å². The van der Waals surface area contributed by atoms with E-state index in [0.29, 0.717) is 31.6 Å². The van der Waals surface area contributed by atoms with Gasteiger partial charge in [-0.2, -0.15) is 0 Å². The van der Waals surface area contributed by atoms with E-state index in [2.05, 4.69) is 0 Å². The molecule has 0 amide bonds. The number of carbonyl (C=O) groups is 1. The van der Waals surface area contributed by atoms with Crippen molar-refractivity contribution in [2.45, 2.75) is 37.1 Å². The third-order valence-corrected chi connectivity index (χ3v) is 5.37. The molecule has 3 fully saturated rings. The van der Waals surface area contributed by atoms with Gasteiger partial charge in [0.15, 0.2) is 11.6 Å². The molecule has 1 heterocycles. The summed E-state index contributed by atoms with van der Waals surface area (Å²) in [5.74, 6) is -0.441. The first-order chi connectivity index (χ1) is 10.1. The molecule has 1 saturated heterocycles. The minimum Gasteiger partial charge on any atom is -0.382 e. The van der Waals surface area contributed by atoms with Crippen LogP contribution in [0, 0.1) is 11.8 Å². The molecule has 1 aliphatic heterocycles. The van der Waals surface area contributed by atoms with Crippen molar-refractivity contribution in [2.24, 2.45) is 11.8 Å². The van der Waals surface area contributed by atoms with Crippen LogP contribution in [0.2, 0.25) is 0 Å². The van der Waals surface area contributed by atoms with Gasteiger partial charge in [-0.3, -0.25) is 4.79 Å². The molecule has 1 aromatic carbocycles. The summed E-state index contributed by atoms with van der Waals surface area (Å²) >= 11 is 0. The molecule has 4 heteroatoms. The fraction of sp³-hybridized carbons (Fsp3) is 0.588. The fourth-order valence-corrected chi connectivity index (χ4v) is 4.48. The third kappa shape index (κ3) is 1.90. The number of hydrogen-bond donors (Lipinski definition) is 1. The highest BCUT2D eigenvalue weighted by Crippen LogP contribution is 2.57. The summed E-state index contributed by atoms with van der Waals surface area (Å²) in [5.41, 5.74) is -0.683. The number of ether oxygens (including phenoxy) is 2. The van der Waals surface area contributed by atoms with Crippen LogP contribution in [-0.2, 0) is 9.47 Å². The summed E-state index contributed by atoms with van der Waals surface area (Å²) in [4.78, 5) is 12.7. The van der Waals surface area contributed by atoms with Gasteiger partial charge in [-0.05, 0) is 25.7 Å². The summed E-state index contributed by atoms with van der Waals surface area (Å²) < 4.78 is 11.8. The van der Waals surface area contributed by atoms with Crippen LogP contribution in [0.4, 0.5) is 0 Å². The molecule has 21 heavy (non-hydrogen) atoms. The lowest BCUT2D eigenvalue weighted by Crippen LogP contribution is -2.55. The van der Waals surface area contributed by atoms with Crippen LogP contribution in [0.15, 0.2) is 30.3 Å². The van der Waals surface area contributed by atoms with Gasteiger partial charge >= 0.3 is 0 Å². The Bertz CT molecular complexity index is 531. The zero-order chi connectivity index (χ0) is 14.5. The second-order valence-electron chi connectivity index (χ2n) is 6.52. The highest BCUT2D eigenvalue weighted by Gasteiger charge is 2.63. The second kappa shape index (κ2) is 4.63. The summed E-state index contributed by atoms with van der Waals surface area (Å²) in [5, 5.41) is 11.0. The zero-order valence-electron chi connectivity index (χ0n) is 12.0. The summed E-state index contributed by atoms with van der Waals surface area (Å²) in [6.07, 6.45) is 2.82. The quantitative estimate of drug-likeness (QED) is 0.847. The Morgan fingerprint density at radius 1 is 1.05 bits per heavy atom. The molecule has 0 aromatic heterocycles. The van der Waals surface area contributed by atoms with Crippen LogP contribution in [-0.4, -0.2) is 35.5 Å². The smallest absolute Gasteiger partial charge is 0.194 e. The molecular weight excluding hydrogens is 268 g/mol. The van der Waals surface area contributed by atoms with Crippen molar-refractivity contribution in [1.29, 1.82) is 0 Å². The van der Waals surface area contributed by atoms with Crippen LogP contribution >= 0.6 is 0 Å². The van der Waals surface area contributed by atoms with E-state index in [0.717, 1.165) is 12.8 Å². The minimum atomic E-state index is -1.27. The highest BCUT2D eigenvalue weighted by molar-refractivity contribution is 6.02. The lowest BCUT2D eigenvalue weighted by atomic mass is 9.70. The van der Waals surface area contributed by atoms with Gasteiger partial charge in [-0.15, -0.1) is 0 Å². The Morgan fingerprint density at radius 3 is 2.19 bits per heavy atom. The molecule has 1 aromatic rings. The van der Waals surface area contributed by atoms with Gasteiger partial charge in [0, 0.05) is 17.4 Å². The predicted molar refractivity (Wildman–Crippen MR) is 75.8 cm³/mol. The Hall–Kier alpha value is -1.23. The lowest BCUT2D eigenvalue weighted by molar-refractivity contribution is -0.241. The number of rotatable bonds is 2. The van der Waals surface area contributed by atoms with E-state index in [1.54, 1.807) is 12.1 Å². The Balaban J connectivity index is 1.62. The molecule has 2 unspecified atom stereocenters. The predicted octanol–water partition coefficient (Wildman–Crippen LogP) is 2.16. The average molecular weight is 288 g/mol. The first kappa shape index (κ1) is 13.4. The maximum Gasteiger partial charge on any atom is 0.194 e. The summed E-state index contributed by atoms with van der Waals surface area (Å²) in [6.45, 7) is 1.25. The number of Topliss-reactive ketones (excluding diaryl/α,β-unsaturated/α-hetero) is 1. The molecule has 4 nitrogen and oxygen atoms in total. The highest BCUT2D eigenvalue weighted by atomic mass is 16.7. The number of hydrogen-bond acceptors (Lipinski definition) is 4. The van der Waals surface area contributed by atoms with E-state index >= 15 is 0 Å². The fourth-order valence-electron chi connectivity index (χ4n) is 4.48. The maximum absolute atomic E-state index is 12.7.